The molecule has 0 amide bonds. The lowest BCUT2D eigenvalue weighted by Gasteiger charge is -2.10. The van der Waals surface area contributed by atoms with Crippen molar-refractivity contribution in [1.82, 2.24) is 0 Å². The first-order valence-corrected chi connectivity index (χ1v) is 4.66. The van der Waals surface area contributed by atoms with Gasteiger partial charge in [-0.25, -0.2) is 5.01 Å². The molecule has 0 radical (unpaired) electrons. The number of rotatable bonds is 1. The second-order valence-electron chi connectivity index (χ2n) is 3.06. The number of hydrogen-bond acceptors (Lipinski definition) is 3. The molecule has 0 saturated heterocycles. The maximum Gasteiger partial charge on any atom is 0.470 e. The van der Waals surface area contributed by atoms with Crippen LogP contribution in [0.2, 0.25) is 5.02 Å². The molecule has 86 valence electrons. The number of hydrazone groups is 1. The first-order chi connectivity index (χ1) is 7.47. The minimum Gasteiger partial charge on any atom is -0.450 e. The summed E-state index contributed by atoms with van der Waals surface area (Å²) >= 11 is 5.71. The predicted molar refractivity (Wildman–Crippen MR) is 53.4 cm³/mol. The first kappa shape index (κ1) is 11.1. The lowest BCUT2D eigenvalue weighted by atomic mass is 10.3. The van der Waals surface area contributed by atoms with Crippen LogP contribution in [-0.2, 0) is 4.74 Å². The Labute approximate surface area is 94.1 Å². The lowest BCUT2D eigenvalue weighted by Crippen LogP contribution is -2.22. The van der Waals surface area contributed by atoms with Gasteiger partial charge in [-0.2, -0.15) is 13.2 Å². The third-order valence-corrected chi connectivity index (χ3v) is 2.12. The number of alkyl halides is 3. The zero-order valence-corrected chi connectivity index (χ0v) is 8.59. The van der Waals surface area contributed by atoms with Crippen molar-refractivity contribution in [1.29, 1.82) is 0 Å². The van der Waals surface area contributed by atoms with Gasteiger partial charge in [0.25, 0.3) is 0 Å². The number of ether oxygens (including phenoxy) is 1. The lowest BCUT2D eigenvalue weighted by molar-refractivity contribution is -0.0752. The van der Waals surface area contributed by atoms with Gasteiger partial charge in [0.2, 0.25) is 0 Å². The van der Waals surface area contributed by atoms with Gasteiger partial charge in [0.05, 0.1) is 5.69 Å². The Morgan fingerprint density at radius 3 is 2.69 bits per heavy atom. The van der Waals surface area contributed by atoms with Gasteiger partial charge in [0, 0.05) is 5.02 Å². The number of anilines is 1. The molecule has 1 aliphatic heterocycles. The summed E-state index contributed by atoms with van der Waals surface area (Å²) in [4.78, 5) is 0. The molecule has 1 aliphatic rings. The van der Waals surface area contributed by atoms with Crippen LogP contribution >= 0.6 is 11.6 Å². The topological polar surface area (TPSA) is 24.8 Å². The van der Waals surface area contributed by atoms with E-state index in [4.69, 9.17) is 11.6 Å². The molecule has 0 N–H and O–H groups in total. The summed E-state index contributed by atoms with van der Waals surface area (Å²) in [7, 11) is 0. The van der Waals surface area contributed by atoms with Crippen molar-refractivity contribution < 1.29 is 17.9 Å². The summed E-state index contributed by atoms with van der Waals surface area (Å²) < 4.78 is 41.1. The largest absolute Gasteiger partial charge is 0.470 e. The molecule has 0 fully saturated rings. The Hall–Kier alpha value is -1.43. The molecular formula is C9H6ClF3N2O. The average molecular weight is 251 g/mol. The Bertz CT molecular complexity index is 433. The Morgan fingerprint density at radius 2 is 2.12 bits per heavy atom. The van der Waals surface area contributed by atoms with E-state index in [0.717, 1.165) is 5.01 Å². The quantitative estimate of drug-likeness (QED) is 0.765. The molecule has 1 aromatic rings. The van der Waals surface area contributed by atoms with Crippen molar-refractivity contribution in [3.8, 4) is 0 Å². The van der Waals surface area contributed by atoms with Crippen molar-refractivity contribution in [3.63, 3.8) is 0 Å². The summed E-state index contributed by atoms with van der Waals surface area (Å²) in [6.45, 7) is -0.269. The number of nitrogens with zero attached hydrogens (tertiary/aromatic N) is 2. The monoisotopic (exact) mass is 250 g/mol. The van der Waals surface area contributed by atoms with E-state index in [-0.39, 0.29) is 6.73 Å². The standard InChI is InChI=1S/C9H6ClF3N2O/c10-6-2-1-3-7(4-6)15-5-16-8(14-15)9(11,12)13/h1-4H,5H2. The average Bonchev–Trinajstić information content (AvgIpc) is 2.65. The van der Waals surface area contributed by atoms with Gasteiger partial charge in [-0.1, -0.05) is 17.7 Å². The van der Waals surface area contributed by atoms with Crippen LogP contribution in [0.5, 0.6) is 0 Å². The second-order valence-corrected chi connectivity index (χ2v) is 3.49. The summed E-state index contributed by atoms with van der Waals surface area (Å²) in [6, 6.07) is 6.35. The molecule has 7 heteroatoms. The summed E-state index contributed by atoms with van der Waals surface area (Å²) in [5.74, 6) is -1.24. The molecule has 0 spiro atoms. The molecule has 0 bridgehead atoms. The highest BCUT2D eigenvalue weighted by atomic mass is 35.5. The van der Waals surface area contributed by atoms with E-state index in [9.17, 15) is 13.2 Å². The van der Waals surface area contributed by atoms with Gasteiger partial charge in [-0.15, -0.1) is 5.10 Å². The Morgan fingerprint density at radius 1 is 1.38 bits per heavy atom. The van der Waals surface area contributed by atoms with Crippen LogP contribution in [0, 0.1) is 0 Å². The normalized spacial score (nSPS) is 16.0. The SMILES string of the molecule is FC(F)(F)C1=NN(c2cccc(Cl)c2)CO1. The van der Waals surface area contributed by atoms with Crippen LogP contribution in [0.15, 0.2) is 29.4 Å². The van der Waals surface area contributed by atoms with Gasteiger partial charge < -0.3 is 4.74 Å². The predicted octanol–water partition coefficient (Wildman–Crippen LogP) is 3.01. The maximum absolute atomic E-state index is 12.2. The molecule has 0 atom stereocenters. The van der Waals surface area contributed by atoms with Crippen molar-refractivity contribution >= 4 is 23.2 Å². The minimum atomic E-state index is -4.56. The van der Waals surface area contributed by atoms with Crippen LogP contribution in [0.4, 0.5) is 18.9 Å². The summed E-state index contributed by atoms with van der Waals surface area (Å²) in [6.07, 6.45) is -4.56. The number of benzene rings is 1. The molecule has 0 unspecified atom stereocenters. The fraction of sp³-hybridized carbons (Fsp3) is 0.222. The zero-order valence-electron chi connectivity index (χ0n) is 7.83. The van der Waals surface area contributed by atoms with Gasteiger partial charge >= 0.3 is 12.1 Å². The van der Waals surface area contributed by atoms with Crippen molar-refractivity contribution in [3.05, 3.63) is 29.3 Å². The Balaban J connectivity index is 2.23. The van der Waals surface area contributed by atoms with E-state index < -0.39 is 12.1 Å². The third-order valence-electron chi connectivity index (χ3n) is 1.88. The van der Waals surface area contributed by atoms with Gasteiger partial charge in [0.1, 0.15) is 0 Å². The highest BCUT2D eigenvalue weighted by Gasteiger charge is 2.42. The molecule has 3 nitrogen and oxygen atoms in total. The molecule has 1 heterocycles. The van der Waals surface area contributed by atoms with Crippen molar-refractivity contribution in [2.24, 2.45) is 5.10 Å². The molecule has 0 saturated carbocycles. The van der Waals surface area contributed by atoms with E-state index in [2.05, 4.69) is 9.84 Å². The molecule has 1 aromatic carbocycles. The fourth-order valence-corrected chi connectivity index (χ4v) is 1.38. The van der Waals surface area contributed by atoms with E-state index in [0.29, 0.717) is 10.7 Å². The molecule has 2 rings (SSSR count). The van der Waals surface area contributed by atoms with Crippen molar-refractivity contribution in [2.75, 3.05) is 11.7 Å². The highest BCUT2D eigenvalue weighted by Crippen LogP contribution is 2.26. The maximum atomic E-state index is 12.2. The van der Waals surface area contributed by atoms with Crippen LogP contribution < -0.4 is 5.01 Å². The number of hydrogen-bond donors (Lipinski definition) is 0. The summed E-state index contributed by atoms with van der Waals surface area (Å²) in [5.41, 5.74) is 0.451. The summed E-state index contributed by atoms with van der Waals surface area (Å²) in [5, 5.41) is 4.83. The molecule has 0 aliphatic carbocycles. The third kappa shape index (κ3) is 2.21. The van der Waals surface area contributed by atoms with Crippen LogP contribution in [0.25, 0.3) is 0 Å². The fourth-order valence-electron chi connectivity index (χ4n) is 1.20. The Kier molecular flexibility index (Phi) is 2.67. The zero-order chi connectivity index (χ0) is 11.8. The van der Waals surface area contributed by atoms with Gasteiger partial charge in [0.15, 0.2) is 6.73 Å². The van der Waals surface area contributed by atoms with Crippen LogP contribution in [0.1, 0.15) is 0 Å². The number of halogens is 4. The highest BCUT2D eigenvalue weighted by molar-refractivity contribution is 6.30. The van der Waals surface area contributed by atoms with Crippen LogP contribution in [0.3, 0.4) is 0 Å². The van der Waals surface area contributed by atoms with E-state index in [1.54, 1.807) is 18.2 Å². The smallest absolute Gasteiger partial charge is 0.450 e. The van der Waals surface area contributed by atoms with E-state index in [1.165, 1.54) is 6.07 Å². The molecule has 0 aromatic heterocycles. The van der Waals surface area contributed by atoms with Gasteiger partial charge in [-0.05, 0) is 18.2 Å². The van der Waals surface area contributed by atoms with Gasteiger partial charge in [-0.3, -0.25) is 0 Å². The second kappa shape index (κ2) is 3.86. The molecular weight excluding hydrogens is 245 g/mol. The van der Waals surface area contributed by atoms with Crippen molar-refractivity contribution in [2.45, 2.75) is 6.18 Å². The molecule has 16 heavy (non-hydrogen) atoms. The van der Waals surface area contributed by atoms with E-state index in [1.807, 2.05) is 0 Å². The first-order valence-electron chi connectivity index (χ1n) is 4.28. The van der Waals surface area contributed by atoms with E-state index >= 15 is 0 Å². The minimum absolute atomic E-state index is 0.269. The van der Waals surface area contributed by atoms with Crippen LogP contribution in [-0.4, -0.2) is 18.8 Å².